The van der Waals surface area contributed by atoms with Gasteiger partial charge in [-0.15, -0.1) is 3.89 Å². The molecular weight excluding hydrogens is 285 g/mol. The van der Waals surface area contributed by atoms with Crippen LogP contribution in [0, 0.1) is 17.6 Å². The van der Waals surface area contributed by atoms with Crippen LogP contribution >= 0.6 is 0 Å². The molecule has 0 spiro atoms. The van der Waals surface area contributed by atoms with Crippen molar-refractivity contribution < 1.29 is 25.9 Å². The summed E-state index contributed by atoms with van der Waals surface area (Å²) in [6.07, 6.45) is 0.520. The molecule has 1 unspecified atom stereocenters. The van der Waals surface area contributed by atoms with Gasteiger partial charge >= 0.3 is 10.2 Å². The number of hydrogen-bond acceptors (Lipinski definition) is 4. The van der Waals surface area contributed by atoms with Crippen LogP contribution < -0.4 is 4.90 Å². The number of pyridine rings is 1. The van der Waals surface area contributed by atoms with Crippen LogP contribution in [0.15, 0.2) is 12.3 Å². The Balaban J connectivity index is 2.20. The van der Waals surface area contributed by atoms with E-state index in [0.717, 1.165) is 11.1 Å². The fourth-order valence-electron chi connectivity index (χ4n) is 1.99. The van der Waals surface area contributed by atoms with E-state index < -0.39 is 39.4 Å². The summed E-state index contributed by atoms with van der Waals surface area (Å²) in [4.78, 5) is 16.0. The van der Waals surface area contributed by atoms with Gasteiger partial charge in [0, 0.05) is 24.9 Å². The van der Waals surface area contributed by atoms with Gasteiger partial charge in [-0.3, -0.25) is 9.69 Å². The lowest BCUT2D eigenvalue weighted by molar-refractivity contribution is -0.117. The van der Waals surface area contributed by atoms with Crippen molar-refractivity contribution in [1.82, 2.24) is 4.98 Å². The Hall–Kier alpha value is -1.64. The van der Waals surface area contributed by atoms with Crippen LogP contribution in [0.5, 0.6) is 0 Å². The first-order valence-corrected chi connectivity index (χ1v) is 6.85. The molecule has 104 valence electrons. The molecule has 2 rings (SSSR count). The molecule has 1 fully saturated rings. The first-order chi connectivity index (χ1) is 8.76. The standard InChI is InChI=1S/C10H9F3N2O3S/c11-7-2-8(12)10(14-3-7)15-4-6(1-9(15)16)5-19(13,17)18/h2-3,6H,1,4-5H2. The largest absolute Gasteiger partial charge is 0.302 e. The molecule has 19 heavy (non-hydrogen) atoms. The average Bonchev–Trinajstić information content (AvgIpc) is 2.56. The number of amides is 1. The normalized spacial score (nSPS) is 20.1. The molecule has 1 aromatic heterocycles. The summed E-state index contributed by atoms with van der Waals surface area (Å²) in [6, 6.07) is 0.564. The Labute approximate surface area is 107 Å². The summed E-state index contributed by atoms with van der Waals surface area (Å²) >= 11 is 0. The van der Waals surface area contributed by atoms with Gasteiger partial charge < -0.3 is 0 Å². The second kappa shape index (κ2) is 4.80. The highest BCUT2D eigenvalue weighted by Gasteiger charge is 2.35. The number of hydrogen-bond donors (Lipinski definition) is 0. The van der Waals surface area contributed by atoms with E-state index >= 15 is 0 Å². The molecule has 1 saturated heterocycles. The zero-order valence-corrected chi connectivity index (χ0v) is 10.3. The van der Waals surface area contributed by atoms with Crippen LogP contribution in [0.1, 0.15) is 6.42 Å². The Morgan fingerprint density at radius 2 is 2.11 bits per heavy atom. The summed E-state index contributed by atoms with van der Waals surface area (Å²) in [7, 11) is -4.71. The summed E-state index contributed by atoms with van der Waals surface area (Å²) in [6.45, 7) is -0.169. The van der Waals surface area contributed by atoms with Crippen LogP contribution in [0.4, 0.5) is 18.5 Å². The van der Waals surface area contributed by atoms with Gasteiger partial charge in [0.25, 0.3) is 0 Å². The van der Waals surface area contributed by atoms with E-state index in [1.165, 1.54) is 0 Å². The van der Waals surface area contributed by atoms with Gasteiger partial charge in [-0.1, -0.05) is 0 Å². The number of nitrogens with zero attached hydrogens (tertiary/aromatic N) is 2. The predicted molar refractivity (Wildman–Crippen MR) is 59.5 cm³/mol. The Morgan fingerprint density at radius 1 is 1.42 bits per heavy atom. The molecule has 1 atom stereocenters. The first kappa shape index (κ1) is 13.8. The van der Waals surface area contributed by atoms with E-state index in [9.17, 15) is 25.9 Å². The minimum absolute atomic E-state index is 0.169. The molecule has 1 aromatic rings. The lowest BCUT2D eigenvalue weighted by Crippen LogP contribution is -2.27. The van der Waals surface area contributed by atoms with Crippen molar-refractivity contribution in [2.75, 3.05) is 17.2 Å². The van der Waals surface area contributed by atoms with E-state index in [1.807, 2.05) is 0 Å². The molecule has 0 aliphatic carbocycles. The van der Waals surface area contributed by atoms with Gasteiger partial charge in [-0.05, 0) is 0 Å². The van der Waals surface area contributed by atoms with Crippen molar-refractivity contribution in [2.24, 2.45) is 5.92 Å². The quantitative estimate of drug-likeness (QED) is 0.780. The molecule has 5 nitrogen and oxygen atoms in total. The van der Waals surface area contributed by atoms with Gasteiger partial charge in [-0.2, -0.15) is 8.42 Å². The van der Waals surface area contributed by atoms with E-state index in [1.54, 1.807) is 0 Å². The zero-order chi connectivity index (χ0) is 14.2. The van der Waals surface area contributed by atoms with Crippen molar-refractivity contribution in [3.63, 3.8) is 0 Å². The average molecular weight is 294 g/mol. The van der Waals surface area contributed by atoms with Crippen molar-refractivity contribution in [3.8, 4) is 0 Å². The predicted octanol–water partition coefficient (Wildman–Crippen LogP) is 1.01. The Kier molecular flexibility index (Phi) is 3.48. The monoisotopic (exact) mass is 294 g/mol. The number of carbonyl (C=O) groups excluding carboxylic acids is 1. The number of carbonyl (C=O) groups is 1. The van der Waals surface area contributed by atoms with E-state index in [2.05, 4.69) is 4.98 Å². The van der Waals surface area contributed by atoms with Crippen molar-refractivity contribution in [1.29, 1.82) is 0 Å². The smallest absolute Gasteiger partial charge is 0.294 e. The maximum absolute atomic E-state index is 13.5. The summed E-state index contributed by atoms with van der Waals surface area (Å²) in [5.74, 6) is -4.46. The summed E-state index contributed by atoms with van der Waals surface area (Å²) < 4.78 is 59.7. The van der Waals surface area contributed by atoms with Gasteiger partial charge in [-0.25, -0.2) is 13.8 Å². The fourth-order valence-corrected chi connectivity index (χ4v) is 2.77. The lowest BCUT2D eigenvalue weighted by atomic mass is 10.1. The van der Waals surface area contributed by atoms with E-state index in [0.29, 0.717) is 6.07 Å². The Bertz CT molecular complexity index is 620. The molecule has 0 aromatic carbocycles. The molecule has 0 radical (unpaired) electrons. The lowest BCUT2D eigenvalue weighted by Gasteiger charge is -2.15. The maximum atomic E-state index is 13.5. The second-order valence-corrected chi connectivity index (χ2v) is 5.65. The molecule has 0 N–H and O–H groups in total. The highest BCUT2D eigenvalue weighted by molar-refractivity contribution is 7.86. The molecule has 1 aliphatic heterocycles. The zero-order valence-electron chi connectivity index (χ0n) is 9.51. The molecule has 1 amide bonds. The van der Waals surface area contributed by atoms with Crippen molar-refractivity contribution in [2.45, 2.75) is 6.42 Å². The van der Waals surface area contributed by atoms with Gasteiger partial charge in [0.05, 0.1) is 11.9 Å². The maximum Gasteiger partial charge on any atom is 0.302 e. The number of halogens is 3. The van der Waals surface area contributed by atoms with Gasteiger partial charge in [0.2, 0.25) is 5.91 Å². The van der Waals surface area contributed by atoms with E-state index in [4.69, 9.17) is 0 Å². The van der Waals surface area contributed by atoms with Gasteiger partial charge in [0.15, 0.2) is 11.6 Å². The van der Waals surface area contributed by atoms with Crippen LogP contribution in [0.25, 0.3) is 0 Å². The number of aromatic nitrogens is 1. The summed E-state index contributed by atoms with van der Waals surface area (Å²) in [5.41, 5.74) is 0. The first-order valence-electron chi connectivity index (χ1n) is 5.30. The van der Waals surface area contributed by atoms with Crippen LogP contribution in [-0.4, -0.2) is 31.6 Å². The fraction of sp³-hybridized carbons (Fsp3) is 0.400. The van der Waals surface area contributed by atoms with Crippen LogP contribution in [-0.2, 0) is 15.0 Å². The Morgan fingerprint density at radius 3 is 2.68 bits per heavy atom. The molecular formula is C10H9F3N2O3S. The molecule has 9 heteroatoms. The topological polar surface area (TPSA) is 67.3 Å². The highest BCUT2D eigenvalue weighted by Crippen LogP contribution is 2.26. The third-order valence-corrected chi connectivity index (χ3v) is 3.55. The molecule has 0 bridgehead atoms. The van der Waals surface area contributed by atoms with Crippen LogP contribution in [0.3, 0.4) is 0 Å². The third kappa shape index (κ3) is 3.22. The van der Waals surface area contributed by atoms with Crippen LogP contribution in [0.2, 0.25) is 0 Å². The highest BCUT2D eigenvalue weighted by atomic mass is 32.3. The SMILES string of the molecule is O=C1CC(CS(=O)(=O)F)CN1c1ncc(F)cc1F. The molecule has 2 heterocycles. The third-order valence-electron chi connectivity index (χ3n) is 2.68. The van der Waals surface area contributed by atoms with Gasteiger partial charge in [0.1, 0.15) is 5.82 Å². The second-order valence-electron chi connectivity index (χ2n) is 4.24. The summed E-state index contributed by atoms with van der Waals surface area (Å²) in [5, 5.41) is 0. The minimum Gasteiger partial charge on any atom is -0.294 e. The number of anilines is 1. The molecule has 0 saturated carbocycles. The van der Waals surface area contributed by atoms with Crippen molar-refractivity contribution in [3.05, 3.63) is 23.9 Å². The minimum atomic E-state index is -4.71. The van der Waals surface area contributed by atoms with Crippen molar-refractivity contribution >= 4 is 21.9 Å². The number of rotatable bonds is 3. The molecule has 1 aliphatic rings. The van der Waals surface area contributed by atoms with E-state index in [-0.39, 0.29) is 18.8 Å².